The van der Waals surface area contributed by atoms with Crippen LogP contribution in [0.25, 0.3) is 28.0 Å². The second kappa shape index (κ2) is 9.70. The van der Waals surface area contributed by atoms with E-state index in [9.17, 15) is 4.79 Å². The van der Waals surface area contributed by atoms with Crippen molar-refractivity contribution in [1.82, 2.24) is 14.5 Å². The Morgan fingerprint density at radius 1 is 1.00 bits per heavy atom. The number of hydrogen-bond acceptors (Lipinski definition) is 6. The molecule has 6 nitrogen and oxygen atoms in total. The van der Waals surface area contributed by atoms with Crippen molar-refractivity contribution in [2.45, 2.75) is 17.3 Å². The monoisotopic (exact) mass is 486 g/mol. The van der Waals surface area contributed by atoms with Crippen molar-refractivity contribution in [2.24, 2.45) is 0 Å². The first-order valence-electron chi connectivity index (χ1n) is 10.7. The Morgan fingerprint density at radius 3 is 2.50 bits per heavy atom. The molecule has 0 bridgehead atoms. The van der Waals surface area contributed by atoms with E-state index >= 15 is 0 Å². The molecule has 3 aromatic carbocycles. The van der Waals surface area contributed by atoms with Gasteiger partial charge < -0.3 is 10.1 Å². The SMILES string of the molecule is COc1ccc(-n2c(SC(C)C(=O)Nc3nc(-c4ccccc4)cs3)nc3ccccc32)cc1. The smallest absolute Gasteiger partial charge is 0.239 e. The fourth-order valence-electron chi connectivity index (χ4n) is 3.56. The zero-order valence-corrected chi connectivity index (χ0v) is 20.3. The second-order valence-electron chi connectivity index (χ2n) is 7.57. The van der Waals surface area contributed by atoms with E-state index in [0.29, 0.717) is 5.13 Å². The van der Waals surface area contributed by atoms with Gasteiger partial charge in [0.05, 0.1) is 29.1 Å². The average molecular weight is 487 g/mol. The maximum Gasteiger partial charge on any atom is 0.239 e. The van der Waals surface area contributed by atoms with Gasteiger partial charge >= 0.3 is 0 Å². The van der Waals surface area contributed by atoms with Gasteiger partial charge in [-0.05, 0) is 43.3 Å². The van der Waals surface area contributed by atoms with Crippen LogP contribution in [0.1, 0.15) is 6.92 Å². The Balaban J connectivity index is 1.37. The lowest BCUT2D eigenvalue weighted by Gasteiger charge is -2.13. The molecule has 1 unspecified atom stereocenters. The van der Waals surface area contributed by atoms with Crippen LogP contribution in [0.2, 0.25) is 0 Å². The van der Waals surface area contributed by atoms with Crippen LogP contribution in [0.15, 0.2) is 89.4 Å². The molecule has 1 N–H and O–H groups in total. The molecule has 8 heteroatoms. The molecule has 0 radical (unpaired) electrons. The number of thiazole rings is 1. The molecule has 1 amide bonds. The predicted molar refractivity (Wildman–Crippen MR) is 139 cm³/mol. The number of aromatic nitrogens is 3. The quantitative estimate of drug-likeness (QED) is 0.274. The molecule has 34 heavy (non-hydrogen) atoms. The third kappa shape index (κ3) is 4.55. The van der Waals surface area contributed by atoms with Crippen molar-refractivity contribution >= 4 is 45.2 Å². The number of nitrogens with one attached hydrogen (secondary N) is 1. The van der Waals surface area contributed by atoms with Crippen molar-refractivity contribution in [3.05, 3.63) is 84.2 Å². The Kier molecular flexibility index (Phi) is 6.33. The number of rotatable bonds is 7. The van der Waals surface area contributed by atoms with E-state index in [4.69, 9.17) is 9.72 Å². The molecule has 1 atom stereocenters. The second-order valence-corrected chi connectivity index (χ2v) is 9.74. The van der Waals surface area contributed by atoms with Gasteiger partial charge in [-0.1, -0.05) is 54.2 Å². The van der Waals surface area contributed by atoms with E-state index in [1.807, 2.05) is 91.2 Å². The molecule has 0 saturated heterocycles. The van der Waals surface area contributed by atoms with E-state index in [0.717, 1.165) is 38.9 Å². The Hall–Kier alpha value is -3.62. The van der Waals surface area contributed by atoms with Crippen LogP contribution in [-0.2, 0) is 4.79 Å². The topological polar surface area (TPSA) is 69.0 Å². The number of carbonyl (C=O) groups excluding carboxylic acids is 1. The minimum absolute atomic E-state index is 0.118. The molecule has 5 rings (SSSR count). The number of amides is 1. The number of methoxy groups -OCH3 is 1. The first kappa shape index (κ1) is 22.2. The maximum absolute atomic E-state index is 13.0. The third-order valence-electron chi connectivity index (χ3n) is 5.32. The summed E-state index contributed by atoms with van der Waals surface area (Å²) in [4.78, 5) is 22.4. The predicted octanol–water partition coefficient (Wildman–Crippen LogP) is 6.28. The number of imidazole rings is 1. The summed E-state index contributed by atoms with van der Waals surface area (Å²) < 4.78 is 7.37. The van der Waals surface area contributed by atoms with E-state index < -0.39 is 0 Å². The summed E-state index contributed by atoms with van der Waals surface area (Å²) in [5.74, 6) is 0.667. The zero-order valence-electron chi connectivity index (χ0n) is 18.6. The number of fused-ring (bicyclic) bond motifs is 1. The number of hydrogen-bond donors (Lipinski definition) is 1. The van der Waals surface area contributed by atoms with E-state index in [2.05, 4.69) is 14.9 Å². The number of benzene rings is 3. The van der Waals surface area contributed by atoms with Gasteiger partial charge in [0.15, 0.2) is 10.3 Å². The third-order valence-corrected chi connectivity index (χ3v) is 7.13. The van der Waals surface area contributed by atoms with Gasteiger partial charge in [-0.15, -0.1) is 11.3 Å². The number of anilines is 1. The standard InChI is InChI=1S/C26H22N4O2S2/c1-17(24(31)29-25-27-22(16-33-25)18-8-4-3-5-9-18)34-26-28-21-10-6-7-11-23(21)30(26)19-12-14-20(32-2)15-13-19/h3-17H,1-2H3,(H,27,29,31). The van der Waals surface area contributed by atoms with Crippen LogP contribution in [-0.4, -0.2) is 32.8 Å². The summed E-state index contributed by atoms with van der Waals surface area (Å²) in [6.07, 6.45) is 0. The summed E-state index contributed by atoms with van der Waals surface area (Å²) in [6.45, 7) is 1.88. The molecule has 0 fully saturated rings. The molecular formula is C26H22N4O2S2. The van der Waals surface area contributed by atoms with E-state index in [-0.39, 0.29) is 11.2 Å². The lowest BCUT2D eigenvalue weighted by molar-refractivity contribution is -0.115. The molecule has 0 aliphatic heterocycles. The van der Waals surface area contributed by atoms with Crippen molar-refractivity contribution in [3.63, 3.8) is 0 Å². The number of para-hydroxylation sites is 2. The van der Waals surface area contributed by atoms with Crippen molar-refractivity contribution in [1.29, 1.82) is 0 Å². The van der Waals surface area contributed by atoms with Gasteiger partial charge in [0.2, 0.25) is 5.91 Å². The van der Waals surface area contributed by atoms with Gasteiger partial charge in [0.25, 0.3) is 0 Å². The fraction of sp³-hybridized carbons (Fsp3) is 0.115. The molecule has 2 aromatic heterocycles. The summed E-state index contributed by atoms with van der Waals surface area (Å²) in [5, 5.41) is 5.86. The number of nitrogens with zero attached hydrogens (tertiary/aromatic N) is 3. The highest BCUT2D eigenvalue weighted by Gasteiger charge is 2.21. The molecular weight excluding hydrogens is 464 g/mol. The van der Waals surface area contributed by atoms with Crippen LogP contribution in [0.3, 0.4) is 0 Å². The van der Waals surface area contributed by atoms with Gasteiger partial charge in [-0.25, -0.2) is 9.97 Å². The average Bonchev–Trinajstić information content (AvgIpc) is 3.49. The number of carbonyl (C=O) groups is 1. The minimum Gasteiger partial charge on any atom is -0.497 e. The summed E-state index contributed by atoms with van der Waals surface area (Å²) in [7, 11) is 1.65. The zero-order chi connectivity index (χ0) is 23.5. The normalized spacial score (nSPS) is 11.9. The van der Waals surface area contributed by atoms with Crippen LogP contribution < -0.4 is 10.1 Å². The molecule has 0 saturated carbocycles. The maximum atomic E-state index is 13.0. The minimum atomic E-state index is -0.377. The number of ether oxygens (including phenoxy) is 1. The summed E-state index contributed by atoms with van der Waals surface area (Å²) in [5.41, 5.74) is 4.69. The molecule has 0 aliphatic carbocycles. The van der Waals surface area contributed by atoms with Crippen molar-refractivity contribution < 1.29 is 9.53 Å². The van der Waals surface area contributed by atoms with E-state index in [1.165, 1.54) is 23.1 Å². The van der Waals surface area contributed by atoms with Crippen LogP contribution in [0, 0.1) is 0 Å². The fourth-order valence-corrected chi connectivity index (χ4v) is 5.22. The summed E-state index contributed by atoms with van der Waals surface area (Å²) >= 11 is 2.84. The van der Waals surface area contributed by atoms with Crippen LogP contribution >= 0.6 is 23.1 Å². The largest absolute Gasteiger partial charge is 0.497 e. The first-order valence-corrected chi connectivity index (χ1v) is 12.5. The molecule has 0 aliphatic rings. The lowest BCUT2D eigenvalue weighted by atomic mass is 10.2. The van der Waals surface area contributed by atoms with Crippen molar-refractivity contribution in [2.75, 3.05) is 12.4 Å². The van der Waals surface area contributed by atoms with Crippen LogP contribution in [0.5, 0.6) is 5.75 Å². The van der Waals surface area contributed by atoms with E-state index in [1.54, 1.807) is 7.11 Å². The van der Waals surface area contributed by atoms with Crippen LogP contribution in [0.4, 0.5) is 5.13 Å². The van der Waals surface area contributed by atoms with Crippen molar-refractivity contribution in [3.8, 4) is 22.7 Å². The van der Waals surface area contributed by atoms with Gasteiger partial charge in [-0.2, -0.15) is 0 Å². The summed E-state index contributed by atoms with van der Waals surface area (Å²) in [6, 6.07) is 25.7. The lowest BCUT2D eigenvalue weighted by Crippen LogP contribution is -2.22. The molecule has 0 spiro atoms. The number of thioether (sulfide) groups is 1. The molecule has 5 aromatic rings. The Morgan fingerprint density at radius 2 is 1.74 bits per heavy atom. The Labute approximate surface area is 205 Å². The highest BCUT2D eigenvalue weighted by Crippen LogP contribution is 2.32. The molecule has 170 valence electrons. The highest BCUT2D eigenvalue weighted by atomic mass is 32.2. The Bertz CT molecular complexity index is 1430. The highest BCUT2D eigenvalue weighted by molar-refractivity contribution is 8.00. The first-order chi connectivity index (χ1) is 16.6. The molecule has 2 heterocycles. The van der Waals surface area contributed by atoms with Gasteiger partial charge in [-0.3, -0.25) is 9.36 Å². The van der Waals surface area contributed by atoms with Gasteiger partial charge in [0, 0.05) is 16.6 Å². The van der Waals surface area contributed by atoms with Gasteiger partial charge in [0.1, 0.15) is 5.75 Å².